The van der Waals surface area contributed by atoms with Gasteiger partial charge in [-0.25, -0.2) is 0 Å². The van der Waals surface area contributed by atoms with Crippen molar-refractivity contribution in [2.45, 2.75) is 13.3 Å². The Kier molecular flexibility index (Phi) is 8.50. The third-order valence-corrected chi connectivity index (χ3v) is 11.1. The predicted molar refractivity (Wildman–Crippen MR) is 237 cm³/mol. The molecule has 0 saturated carbocycles. The average molecular weight is 718 g/mol. The highest BCUT2D eigenvalue weighted by Gasteiger charge is 2.16. The molecule has 0 aliphatic rings. The van der Waals surface area contributed by atoms with E-state index in [1.165, 1.54) is 49.7 Å². The number of hydrogen-bond donors (Lipinski definition) is 0. The minimum absolute atomic E-state index is 0.909. The molecule has 0 fully saturated rings. The molecular formula is C54H39NO. The van der Waals surface area contributed by atoms with Gasteiger partial charge in [-0.15, -0.1) is 0 Å². The van der Waals surface area contributed by atoms with Gasteiger partial charge in [0.25, 0.3) is 0 Å². The maximum absolute atomic E-state index is 6.39. The highest BCUT2D eigenvalue weighted by Crippen LogP contribution is 2.40. The number of para-hydroxylation sites is 2. The molecule has 0 aliphatic heterocycles. The summed E-state index contributed by atoms with van der Waals surface area (Å²) < 4.78 is 6.39. The molecule has 1 heterocycles. The lowest BCUT2D eigenvalue weighted by Gasteiger charge is -2.26. The van der Waals surface area contributed by atoms with Gasteiger partial charge < -0.3 is 9.32 Å². The number of benzene rings is 9. The van der Waals surface area contributed by atoms with Crippen molar-refractivity contribution in [3.05, 3.63) is 212 Å². The molecule has 1 aromatic heterocycles. The van der Waals surface area contributed by atoms with Gasteiger partial charge in [0.15, 0.2) is 0 Å². The van der Waals surface area contributed by atoms with Gasteiger partial charge in [0, 0.05) is 33.4 Å². The van der Waals surface area contributed by atoms with Gasteiger partial charge in [-0.1, -0.05) is 171 Å². The van der Waals surface area contributed by atoms with Gasteiger partial charge in [-0.05, 0) is 104 Å². The Morgan fingerprint density at radius 1 is 0.375 bits per heavy atom. The smallest absolute Gasteiger partial charge is 0.143 e. The second kappa shape index (κ2) is 14.2. The molecule has 10 rings (SSSR count). The van der Waals surface area contributed by atoms with Crippen LogP contribution >= 0.6 is 0 Å². The standard InChI is InChI=1S/C54H39NO/c1-2-37-18-19-42-12-8-14-48(52(42)36-37)43-22-20-39(21-23-43)41-26-32-46(33-27-41)55(45-30-24-40(25-31-45)38-10-4-3-5-11-38)47-34-28-44(29-35-47)49-15-9-16-51-50-13-6-7-17-53(50)56-54(49)51/h3-36H,2H2,1H3. The molecular weight excluding hydrogens is 679 g/mol. The molecule has 56 heavy (non-hydrogen) atoms. The predicted octanol–water partition coefficient (Wildman–Crippen LogP) is 15.4. The van der Waals surface area contributed by atoms with Crippen LogP contribution in [0.3, 0.4) is 0 Å². The number of hydrogen-bond acceptors (Lipinski definition) is 2. The fourth-order valence-electron chi connectivity index (χ4n) is 8.08. The normalized spacial score (nSPS) is 11.4. The first-order chi connectivity index (χ1) is 27.7. The van der Waals surface area contributed by atoms with E-state index in [0.717, 1.165) is 56.5 Å². The van der Waals surface area contributed by atoms with Crippen LogP contribution in [-0.2, 0) is 6.42 Å². The molecule has 0 saturated heterocycles. The first kappa shape index (κ1) is 33.4. The summed E-state index contributed by atoms with van der Waals surface area (Å²) in [5.41, 5.74) is 15.9. The van der Waals surface area contributed by atoms with Crippen LogP contribution in [0.2, 0.25) is 0 Å². The van der Waals surface area contributed by atoms with Crippen LogP contribution in [0.15, 0.2) is 211 Å². The fraction of sp³-hybridized carbons (Fsp3) is 0.0370. The summed E-state index contributed by atoms with van der Waals surface area (Å²) in [6.45, 7) is 2.21. The molecule has 266 valence electrons. The Bertz CT molecular complexity index is 2960. The second-order valence-corrected chi connectivity index (χ2v) is 14.4. The Labute approximate surface area is 327 Å². The SMILES string of the molecule is CCc1ccc2cccc(-c3ccc(-c4ccc(N(c5ccc(-c6ccccc6)cc5)c5ccc(-c6cccc7c6oc6ccccc67)cc5)cc4)cc3)c2c1. The van der Waals surface area contributed by atoms with Gasteiger partial charge in [0.05, 0.1) is 0 Å². The molecule has 0 atom stereocenters. The molecule has 9 aromatic carbocycles. The number of nitrogens with zero attached hydrogens (tertiary/aromatic N) is 1. The number of fused-ring (bicyclic) bond motifs is 4. The van der Waals surface area contributed by atoms with Crippen molar-refractivity contribution in [1.82, 2.24) is 0 Å². The van der Waals surface area contributed by atoms with E-state index in [2.05, 4.69) is 206 Å². The first-order valence-corrected chi connectivity index (χ1v) is 19.4. The lowest BCUT2D eigenvalue weighted by molar-refractivity contribution is 0.670. The highest BCUT2D eigenvalue weighted by atomic mass is 16.3. The van der Waals surface area contributed by atoms with Crippen molar-refractivity contribution in [3.63, 3.8) is 0 Å². The Morgan fingerprint density at radius 2 is 0.875 bits per heavy atom. The van der Waals surface area contributed by atoms with Crippen LogP contribution in [0.1, 0.15) is 12.5 Å². The number of anilines is 3. The molecule has 0 spiro atoms. The van der Waals surface area contributed by atoms with Crippen molar-refractivity contribution in [2.24, 2.45) is 0 Å². The molecule has 0 radical (unpaired) electrons. The van der Waals surface area contributed by atoms with E-state index in [0.29, 0.717) is 0 Å². The maximum atomic E-state index is 6.39. The zero-order valence-corrected chi connectivity index (χ0v) is 31.2. The van der Waals surface area contributed by atoms with Crippen LogP contribution in [0.4, 0.5) is 17.1 Å². The summed E-state index contributed by atoms with van der Waals surface area (Å²) in [7, 11) is 0. The summed E-state index contributed by atoms with van der Waals surface area (Å²) in [5.74, 6) is 0. The van der Waals surface area contributed by atoms with E-state index < -0.39 is 0 Å². The van der Waals surface area contributed by atoms with E-state index in [1.54, 1.807) is 0 Å². The highest BCUT2D eigenvalue weighted by molar-refractivity contribution is 6.09. The Morgan fingerprint density at radius 3 is 1.54 bits per heavy atom. The van der Waals surface area contributed by atoms with Crippen LogP contribution in [0.5, 0.6) is 0 Å². The van der Waals surface area contributed by atoms with E-state index in [1.807, 2.05) is 12.1 Å². The van der Waals surface area contributed by atoms with Crippen LogP contribution in [-0.4, -0.2) is 0 Å². The number of furan rings is 1. The summed E-state index contributed by atoms with van der Waals surface area (Å²) in [5, 5.41) is 4.86. The molecule has 10 aromatic rings. The molecule has 0 unspecified atom stereocenters. The first-order valence-electron chi connectivity index (χ1n) is 19.4. The van der Waals surface area contributed by atoms with E-state index in [-0.39, 0.29) is 0 Å². The number of aryl methyl sites for hydroxylation is 1. The lowest BCUT2D eigenvalue weighted by Crippen LogP contribution is -2.09. The Balaban J connectivity index is 0.992. The Hall–Kier alpha value is -7.16. The zero-order valence-electron chi connectivity index (χ0n) is 31.2. The summed E-state index contributed by atoms with van der Waals surface area (Å²) in [4.78, 5) is 2.33. The summed E-state index contributed by atoms with van der Waals surface area (Å²) >= 11 is 0. The summed E-state index contributed by atoms with van der Waals surface area (Å²) in [6.07, 6.45) is 1.03. The van der Waals surface area contributed by atoms with E-state index in [4.69, 9.17) is 4.42 Å². The van der Waals surface area contributed by atoms with Crippen molar-refractivity contribution in [1.29, 1.82) is 0 Å². The molecule has 2 nitrogen and oxygen atoms in total. The van der Waals surface area contributed by atoms with Crippen molar-refractivity contribution >= 4 is 49.8 Å². The van der Waals surface area contributed by atoms with Crippen molar-refractivity contribution in [3.8, 4) is 44.5 Å². The molecule has 0 amide bonds. The van der Waals surface area contributed by atoms with Crippen molar-refractivity contribution in [2.75, 3.05) is 4.90 Å². The largest absolute Gasteiger partial charge is 0.455 e. The minimum atomic E-state index is 0.909. The second-order valence-electron chi connectivity index (χ2n) is 14.4. The van der Waals surface area contributed by atoms with Gasteiger partial charge in [-0.3, -0.25) is 0 Å². The van der Waals surface area contributed by atoms with Crippen LogP contribution in [0.25, 0.3) is 77.2 Å². The zero-order chi connectivity index (χ0) is 37.4. The maximum Gasteiger partial charge on any atom is 0.143 e. The van der Waals surface area contributed by atoms with Gasteiger partial charge in [-0.2, -0.15) is 0 Å². The average Bonchev–Trinajstić information content (AvgIpc) is 3.66. The molecule has 0 aliphatic carbocycles. The van der Waals surface area contributed by atoms with Crippen molar-refractivity contribution < 1.29 is 4.42 Å². The van der Waals surface area contributed by atoms with Gasteiger partial charge in [0.2, 0.25) is 0 Å². The topological polar surface area (TPSA) is 16.4 Å². The summed E-state index contributed by atoms with van der Waals surface area (Å²) in [6, 6.07) is 74.2. The van der Waals surface area contributed by atoms with Crippen LogP contribution < -0.4 is 4.90 Å². The minimum Gasteiger partial charge on any atom is -0.455 e. The lowest BCUT2D eigenvalue weighted by atomic mass is 9.94. The monoisotopic (exact) mass is 717 g/mol. The number of rotatable bonds is 8. The van der Waals surface area contributed by atoms with Crippen LogP contribution in [0, 0.1) is 0 Å². The van der Waals surface area contributed by atoms with E-state index >= 15 is 0 Å². The molecule has 0 N–H and O–H groups in total. The third kappa shape index (κ3) is 6.12. The van der Waals surface area contributed by atoms with Gasteiger partial charge in [0.1, 0.15) is 11.2 Å². The third-order valence-electron chi connectivity index (χ3n) is 11.1. The fourth-order valence-corrected chi connectivity index (χ4v) is 8.08. The van der Waals surface area contributed by atoms with Gasteiger partial charge >= 0.3 is 0 Å². The molecule has 2 heteroatoms. The molecule has 0 bridgehead atoms. The quantitative estimate of drug-likeness (QED) is 0.156. The van der Waals surface area contributed by atoms with E-state index in [9.17, 15) is 0 Å².